The minimum atomic E-state index is 0.307. The van der Waals surface area contributed by atoms with Crippen LogP contribution in [0.2, 0.25) is 5.02 Å². The van der Waals surface area contributed by atoms with E-state index in [1.165, 1.54) is 0 Å². The van der Waals surface area contributed by atoms with Crippen LogP contribution in [0, 0.1) is 0 Å². The highest BCUT2D eigenvalue weighted by atomic mass is 79.9. The fourth-order valence-electron chi connectivity index (χ4n) is 1.14. The maximum Gasteiger partial charge on any atom is 0.184 e. The highest BCUT2D eigenvalue weighted by Gasteiger charge is 2.16. The molecular weight excluding hydrogens is 347 g/mol. The van der Waals surface area contributed by atoms with Gasteiger partial charge in [0.05, 0.1) is 5.02 Å². The number of rotatable bonds is 1. The molecule has 2 aromatic rings. The average molecular weight is 352 g/mol. The van der Waals surface area contributed by atoms with Crippen molar-refractivity contribution in [3.8, 4) is 11.3 Å². The molecule has 15 heavy (non-hydrogen) atoms. The molecule has 0 unspecified atom stereocenters. The molecule has 2 rings (SSSR count). The van der Waals surface area contributed by atoms with Gasteiger partial charge in [-0.15, -0.1) is 0 Å². The van der Waals surface area contributed by atoms with Gasteiger partial charge >= 0.3 is 0 Å². The molecule has 0 amide bonds. The molecule has 1 heterocycles. The van der Waals surface area contributed by atoms with Gasteiger partial charge in [-0.2, -0.15) is 0 Å². The number of nitrogen functional groups attached to an aromatic ring is 1. The maximum absolute atomic E-state index is 6.11. The van der Waals surface area contributed by atoms with Crippen LogP contribution in [-0.4, -0.2) is 5.16 Å². The summed E-state index contributed by atoms with van der Waals surface area (Å²) in [6, 6.07) is 5.54. The van der Waals surface area contributed by atoms with Gasteiger partial charge in [0.1, 0.15) is 4.47 Å². The first kappa shape index (κ1) is 11.0. The van der Waals surface area contributed by atoms with E-state index in [1.807, 2.05) is 18.2 Å². The van der Waals surface area contributed by atoms with Crippen molar-refractivity contribution in [2.45, 2.75) is 0 Å². The summed E-state index contributed by atoms with van der Waals surface area (Å²) in [5.74, 6) is 0.833. The van der Waals surface area contributed by atoms with Crippen LogP contribution in [0.25, 0.3) is 11.3 Å². The first-order chi connectivity index (χ1) is 7.11. The van der Waals surface area contributed by atoms with Gasteiger partial charge < -0.3 is 10.3 Å². The molecular formula is C9H5Br2ClN2O. The van der Waals surface area contributed by atoms with E-state index in [-0.39, 0.29) is 0 Å². The Labute approximate surface area is 108 Å². The second-order valence-corrected chi connectivity index (χ2v) is 4.84. The van der Waals surface area contributed by atoms with Crippen molar-refractivity contribution in [1.82, 2.24) is 5.16 Å². The van der Waals surface area contributed by atoms with Crippen molar-refractivity contribution >= 4 is 49.3 Å². The van der Waals surface area contributed by atoms with Crippen LogP contribution in [0.3, 0.4) is 0 Å². The molecule has 3 nitrogen and oxygen atoms in total. The van der Waals surface area contributed by atoms with E-state index < -0.39 is 0 Å². The average Bonchev–Trinajstić information content (AvgIpc) is 2.53. The van der Waals surface area contributed by atoms with E-state index in [1.54, 1.807) is 0 Å². The van der Waals surface area contributed by atoms with Crippen LogP contribution in [-0.2, 0) is 0 Å². The number of halogens is 3. The minimum absolute atomic E-state index is 0.307. The summed E-state index contributed by atoms with van der Waals surface area (Å²) in [6.45, 7) is 0. The number of nitrogens with two attached hydrogens (primary N) is 1. The molecule has 0 atom stereocenters. The Morgan fingerprint density at radius 1 is 1.33 bits per heavy atom. The topological polar surface area (TPSA) is 52.0 Å². The smallest absolute Gasteiger partial charge is 0.184 e. The molecule has 0 aliphatic rings. The Hall–Kier alpha value is -0.520. The fraction of sp³-hybridized carbons (Fsp3) is 0. The van der Waals surface area contributed by atoms with Crippen LogP contribution in [0.5, 0.6) is 0 Å². The number of anilines is 1. The van der Waals surface area contributed by atoms with Gasteiger partial charge in [0.2, 0.25) is 0 Å². The quantitative estimate of drug-likeness (QED) is 0.841. The molecule has 1 aromatic heterocycles. The third-order valence-electron chi connectivity index (χ3n) is 1.86. The third-order valence-corrected chi connectivity index (χ3v) is 3.92. The van der Waals surface area contributed by atoms with E-state index >= 15 is 0 Å². The highest BCUT2D eigenvalue weighted by molar-refractivity contribution is 9.11. The molecule has 2 N–H and O–H groups in total. The molecule has 0 saturated heterocycles. The van der Waals surface area contributed by atoms with Crippen molar-refractivity contribution in [2.75, 3.05) is 5.73 Å². The molecule has 0 fully saturated rings. The van der Waals surface area contributed by atoms with Gasteiger partial charge in [0, 0.05) is 10.0 Å². The lowest BCUT2D eigenvalue weighted by Crippen LogP contribution is -1.84. The lowest BCUT2D eigenvalue weighted by molar-refractivity contribution is 0.435. The first-order valence-electron chi connectivity index (χ1n) is 3.96. The predicted molar refractivity (Wildman–Crippen MR) is 66.8 cm³/mol. The maximum atomic E-state index is 6.11. The summed E-state index contributed by atoms with van der Waals surface area (Å²) in [4.78, 5) is 0. The molecule has 0 spiro atoms. The summed E-state index contributed by atoms with van der Waals surface area (Å²) in [7, 11) is 0. The van der Waals surface area contributed by atoms with E-state index in [4.69, 9.17) is 21.9 Å². The number of hydrogen-bond acceptors (Lipinski definition) is 3. The van der Waals surface area contributed by atoms with Gasteiger partial charge in [-0.3, -0.25) is 0 Å². The zero-order valence-electron chi connectivity index (χ0n) is 7.30. The normalized spacial score (nSPS) is 10.6. The molecule has 0 bridgehead atoms. The van der Waals surface area contributed by atoms with Crippen LogP contribution in [0.15, 0.2) is 31.7 Å². The zero-order valence-corrected chi connectivity index (χ0v) is 11.2. The van der Waals surface area contributed by atoms with Crippen molar-refractivity contribution in [3.05, 3.63) is 32.2 Å². The number of benzene rings is 1. The summed E-state index contributed by atoms with van der Waals surface area (Å²) in [5, 5.41) is 4.21. The monoisotopic (exact) mass is 350 g/mol. The lowest BCUT2D eigenvalue weighted by atomic mass is 10.2. The predicted octanol–water partition coefficient (Wildman–Crippen LogP) is 4.10. The van der Waals surface area contributed by atoms with E-state index in [0.717, 1.165) is 10.0 Å². The standard InChI is InChI=1S/C9H5Br2ClN2O/c10-5-3-1-2-4(7(5)12)8-6(11)9(13)14-15-8/h1-3H,(H2,13,14). The van der Waals surface area contributed by atoms with Crippen LogP contribution in [0.1, 0.15) is 0 Å². The molecule has 0 saturated carbocycles. The van der Waals surface area contributed by atoms with Crippen molar-refractivity contribution < 1.29 is 4.52 Å². The summed E-state index contributed by atoms with van der Waals surface area (Å²) in [6.07, 6.45) is 0. The first-order valence-corrected chi connectivity index (χ1v) is 5.92. The van der Waals surface area contributed by atoms with Gasteiger partial charge in [0.15, 0.2) is 11.6 Å². The lowest BCUT2D eigenvalue weighted by Gasteiger charge is -2.01. The Morgan fingerprint density at radius 2 is 2.07 bits per heavy atom. The molecule has 78 valence electrons. The van der Waals surface area contributed by atoms with Crippen LogP contribution in [0.4, 0.5) is 5.82 Å². The molecule has 6 heteroatoms. The summed E-state index contributed by atoms with van der Waals surface area (Å²) < 4.78 is 6.50. The fourth-order valence-corrected chi connectivity index (χ4v) is 2.07. The molecule has 1 aromatic carbocycles. The Balaban J connectivity index is 2.64. The van der Waals surface area contributed by atoms with E-state index in [9.17, 15) is 0 Å². The SMILES string of the molecule is Nc1noc(-c2cccc(Br)c2Cl)c1Br. The van der Waals surface area contributed by atoms with Crippen molar-refractivity contribution in [2.24, 2.45) is 0 Å². The van der Waals surface area contributed by atoms with Gasteiger partial charge in [0.25, 0.3) is 0 Å². The Bertz CT molecular complexity index is 513. The minimum Gasteiger partial charge on any atom is -0.380 e. The van der Waals surface area contributed by atoms with Crippen LogP contribution >= 0.6 is 43.5 Å². The second kappa shape index (κ2) is 4.15. The van der Waals surface area contributed by atoms with E-state index in [2.05, 4.69) is 37.0 Å². The molecule has 0 aliphatic carbocycles. The summed E-state index contributed by atoms with van der Waals surface area (Å²) in [5.41, 5.74) is 6.30. The highest BCUT2D eigenvalue weighted by Crippen LogP contribution is 2.39. The van der Waals surface area contributed by atoms with Gasteiger partial charge in [-0.05, 0) is 44.0 Å². The number of nitrogens with zero attached hydrogens (tertiary/aromatic N) is 1. The number of hydrogen-bond donors (Lipinski definition) is 1. The molecule has 0 aliphatic heterocycles. The van der Waals surface area contributed by atoms with Gasteiger partial charge in [-0.25, -0.2) is 0 Å². The number of aromatic nitrogens is 1. The Kier molecular flexibility index (Phi) is 3.04. The third kappa shape index (κ3) is 1.91. The Morgan fingerprint density at radius 3 is 2.67 bits per heavy atom. The zero-order chi connectivity index (χ0) is 11.0. The summed E-state index contributed by atoms with van der Waals surface area (Å²) >= 11 is 12.7. The second-order valence-electron chi connectivity index (χ2n) is 2.81. The van der Waals surface area contributed by atoms with E-state index in [0.29, 0.717) is 21.1 Å². The van der Waals surface area contributed by atoms with Gasteiger partial charge in [-0.1, -0.05) is 22.8 Å². The van der Waals surface area contributed by atoms with Crippen LogP contribution < -0.4 is 5.73 Å². The largest absolute Gasteiger partial charge is 0.380 e. The van der Waals surface area contributed by atoms with Crippen molar-refractivity contribution in [1.29, 1.82) is 0 Å². The molecule has 0 radical (unpaired) electrons. The van der Waals surface area contributed by atoms with Crippen molar-refractivity contribution in [3.63, 3.8) is 0 Å².